The van der Waals surface area contributed by atoms with Crippen molar-refractivity contribution in [1.82, 2.24) is 0 Å². The number of nitrogen functional groups attached to an aromatic ring is 1. The Morgan fingerprint density at radius 1 is 1.12 bits per heavy atom. The first-order valence-corrected chi connectivity index (χ1v) is 5.49. The van der Waals surface area contributed by atoms with Crippen LogP contribution in [0.1, 0.15) is 11.1 Å². The molecule has 0 aromatic heterocycles. The fraction of sp³-hybridized carbons (Fsp3) is 0.143. The van der Waals surface area contributed by atoms with E-state index in [9.17, 15) is 4.39 Å². The van der Waals surface area contributed by atoms with Crippen molar-refractivity contribution >= 4 is 11.4 Å². The lowest BCUT2D eigenvalue weighted by Gasteiger charge is -2.08. The Kier molecular flexibility index (Phi) is 3.28. The first-order valence-electron chi connectivity index (χ1n) is 5.49. The number of rotatable bonds is 3. The van der Waals surface area contributed by atoms with Gasteiger partial charge in [0.15, 0.2) is 0 Å². The van der Waals surface area contributed by atoms with Crippen molar-refractivity contribution in [2.45, 2.75) is 13.5 Å². The van der Waals surface area contributed by atoms with Gasteiger partial charge in [-0.25, -0.2) is 4.39 Å². The number of halogens is 1. The summed E-state index contributed by atoms with van der Waals surface area (Å²) < 4.78 is 13.5. The highest BCUT2D eigenvalue weighted by atomic mass is 19.1. The predicted octanol–water partition coefficient (Wildman–Crippen LogP) is 3.33. The third kappa shape index (κ3) is 2.97. The number of benzene rings is 2. The molecule has 0 radical (unpaired) electrons. The Labute approximate surface area is 100 Å². The molecule has 0 aliphatic rings. The first-order chi connectivity index (χ1) is 8.15. The number of hydrogen-bond donors (Lipinski definition) is 2. The fourth-order valence-electron chi connectivity index (χ4n) is 1.58. The summed E-state index contributed by atoms with van der Waals surface area (Å²) in [6.07, 6.45) is 0. The molecule has 3 heteroatoms. The second-order valence-electron chi connectivity index (χ2n) is 4.08. The van der Waals surface area contributed by atoms with E-state index in [4.69, 9.17) is 5.73 Å². The molecule has 3 N–H and O–H groups in total. The smallest absolute Gasteiger partial charge is 0.148 e. The average Bonchev–Trinajstić information content (AvgIpc) is 2.30. The van der Waals surface area contributed by atoms with Crippen LogP contribution >= 0.6 is 0 Å². The van der Waals surface area contributed by atoms with E-state index in [0.29, 0.717) is 17.9 Å². The maximum atomic E-state index is 13.5. The molecule has 0 saturated heterocycles. The van der Waals surface area contributed by atoms with Gasteiger partial charge >= 0.3 is 0 Å². The van der Waals surface area contributed by atoms with Gasteiger partial charge in [0.05, 0.1) is 5.69 Å². The van der Waals surface area contributed by atoms with Gasteiger partial charge in [-0.1, -0.05) is 29.8 Å². The van der Waals surface area contributed by atoms with Crippen molar-refractivity contribution in [3.63, 3.8) is 0 Å². The average molecular weight is 230 g/mol. The number of nitrogens with two attached hydrogens (primary N) is 1. The van der Waals surface area contributed by atoms with E-state index in [0.717, 1.165) is 5.56 Å². The van der Waals surface area contributed by atoms with Crippen LogP contribution in [-0.4, -0.2) is 0 Å². The van der Waals surface area contributed by atoms with Crippen molar-refractivity contribution in [2.24, 2.45) is 0 Å². The van der Waals surface area contributed by atoms with E-state index in [1.165, 1.54) is 11.6 Å². The Hall–Kier alpha value is -2.03. The zero-order valence-electron chi connectivity index (χ0n) is 9.70. The van der Waals surface area contributed by atoms with Crippen molar-refractivity contribution in [2.75, 3.05) is 11.1 Å². The molecule has 17 heavy (non-hydrogen) atoms. The van der Waals surface area contributed by atoms with Crippen LogP contribution in [-0.2, 0) is 6.54 Å². The van der Waals surface area contributed by atoms with Gasteiger partial charge in [-0.15, -0.1) is 0 Å². The van der Waals surface area contributed by atoms with E-state index in [1.54, 1.807) is 12.1 Å². The van der Waals surface area contributed by atoms with Gasteiger partial charge in [-0.3, -0.25) is 0 Å². The van der Waals surface area contributed by atoms with E-state index in [2.05, 4.69) is 5.32 Å². The molecule has 2 nitrogen and oxygen atoms in total. The quantitative estimate of drug-likeness (QED) is 0.794. The summed E-state index contributed by atoms with van der Waals surface area (Å²) >= 11 is 0. The van der Waals surface area contributed by atoms with Crippen LogP contribution in [0.25, 0.3) is 0 Å². The fourth-order valence-corrected chi connectivity index (χ4v) is 1.58. The molecule has 0 aliphatic heterocycles. The van der Waals surface area contributed by atoms with Crippen molar-refractivity contribution in [1.29, 1.82) is 0 Å². The number of anilines is 2. The molecule has 0 aliphatic carbocycles. The molecular weight excluding hydrogens is 215 g/mol. The van der Waals surface area contributed by atoms with Crippen LogP contribution in [0.2, 0.25) is 0 Å². The molecule has 0 heterocycles. The third-order valence-corrected chi connectivity index (χ3v) is 2.60. The summed E-state index contributed by atoms with van der Waals surface area (Å²) in [5.41, 5.74) is 8.72. The standard InChI is InChI=1S/C14H15FN2/c1-10-2-4-11(5-3-10)9-17-14-7-6-12(16)8-13(14)15/h2-8,17H,9,16H2,1H3. The maximum absolute atomic E-state index is 13.5. The highest BCUT2D eigenvalue weighted by molar-refractivity contribution is 5.52. The normalized spacial score (nSPS) is 10.2. The Bertz CT molecular complexity index is 506. The lowest BCUT2D eigenvalue weighted by molar-refractivity contribution is 0.631. The van der Waals surface area contributed by atoms with Crippen LogP contribution in [0.5, 0.6) is 0 Å². The number of aryl methyl sites for hydroxylation is 1. The molecule has 0 bridgehead atoms. The predicted molar refractivity (Wildman–Crippen MR) is 69.3 cm³/mol. The van der Waals surface area contributed by atoms with Crippen LogP contribution in [0.3, 0.4) is 0 Å². The van der Waals surface area contributed by atoms with Crippen LogP contribution in [0.15, 0.2) is 42.5 Å². The molecule has 0 spiro atoms. The van der Waals surface area contributed by atoms with Crippen molar-refractivity contribution < 1.29 is 4.39 Å². The molecule has 2 aromatic rings. The van der Waals surface area contributed by atoms with E-state index < -0.39 is 0 Å². The zero-order chi connectivity index (χ0) is 12.3. The van der Waals surface area contributed by atoms with Gasteiger partial charge in [0.2, 0.25) is 0 Å². The van der Waals surface area contributed by atoms with Crippen molar-refractivity contribution in [3.8, 4) is 0 Å². The molecule has 0 amide bonds. The van der Waals surface area contributed by atoms with E-state index in [1.807, 2.05) is 31.2 Å². The molecule has 0 fully saturated rings. The van der Waals surface area contributed by atoms with Crippen LogP contribution in [0.4, 0.5) is 15.8 Å². The van der Waals surface area contributed by atoms with Gasteiger partial charge in [0.25, 0.3) is 0 Å². The van der Waals surface area contributed by atoms with Gasteiger partial charge in [0.1, 0.15) is 5.82 Å². The summed E-state index contributed by atoms with van der Waals surface area (Å²) in [7, 11) is 0. The topological polar surface area (TPSA) is 38.0 Å². The SMILES string of the molecule is Cc1ccc(CNc2ccc(N)cc2F)cc1. The second kappa shape index (κ2) is 4.87. The monoisotopic (exact) mass is 230 g/mol. The highest BCUT2D eigenvalue weighted by Crippen LogP contribution is 2.17. The first kappa shape index (κ1) is 11.5. The highest BCUT2D eigenvalue weighted by Gasteiger charge is 2.01. The molecule has 0 unspecified atom stereocenters. The van der Waals surface area contributed by atoms with Crippen molar-refractivity contribution in [3.05, 3.63) is 59.4 Å². The van der Waals surface area contributed by atoms with Crippen LogP contribution < -0.4 is 11.1 Å². The minimum Gasteiger partial charge on any atom is -0.399 e. The summed E-state index contributed by atoms with van der Waals surface area (Å²) in [5, 5.41) is 3.05. The summed E-state index contributed by atoms with van der Waals surface area (Å²) in [5.74, 6) is -0.322. The minimum absolute atomic E-state index is 0.322. The number of hydrogen-bond acceptors (Lipinski definition) is 2. The second-order valence-corrected chi connectivity index (χ2v) is 4.08. The maximum Gasteiger partial charge on any atom is 0.148 e. The Morgan fingerprint density at radius 3 is 2.47 bits per heavy atom. The molecule has 2 aromatic carbocycles. The lowest BCUT2D eigenvalue weighted by Crippen LogP contribution is -2.01. The Morgan fingerprint density at radius 2 is 1.82 bits per heavy atom. The molecule has 2 rings (SSSR count). The van der Waals surface area contributed by atoms with Gasteiger partial charge in [-0.05, 0) is 30.7 Å². The lowest BCUT2D eigenvalue weighted by atomic mass is 10.1. The Balaban J connectivity index is 2.04. The minimum atomic E-state index is -0.322. The summed E-state index contributed by atoms with van der Waals surface area (Å²) in [4.78, 5) is 0. The van der Waals surface area contributed by atoms with E-state index >= 15 is 0 Å². The van der Waals surface area contributed by atoms with Gasteiger partial charge in [-0.2, -0.15) is 0 Å². The molecule has 0 atom stereocenters. The molecular formula is C14H15FN2. The summed E-state index contributed by atoms with van der Waals surface area (Å²) in [6.45, 7) is 2.64. The van der Waals surface area contributed by atoms with E-state index in [-0.39, 0.29) is 5.82 Å². The van der Waals surface area contributed by atoms with Crippen LogP contribution in [0, 0.1) is 12.7 Å². The van der Waals surface area contributed by atoms with Gasteiger partial charge < -0.3 is 11.1 Å². The largest absolute Gasteiger partial charge is 0.399 e. The zero-order valence-corrected chi connectivity index (χ0v) is 9.70. The third-order valence-electron chi connectivity index (χ3n) is 2.60. The molecule has 88 valence electrons. The molecule has 0 saturated carbocycles. The number of nitrogens with one attached hydrogen (secondary N) is 1. The van der Waals surface area contributed by atoms with Gasteiger partial charge in [0, 0.05) is 12.2 Å². The summed E-state index contributed by atoms with van der Waals surface area (Å²) in [6, 6.07) is 12.8.